The zero-order valence-electron chi connectivity index (χ0n) is 20.6. The number of aryl methyl sites for hydroxylation is 1. The van der Waals surface area contributed by atoms with Gasteiger partial charge in [-0.05, 0) is 75.9 Å². The highest BCUT2D eigenvalue weighted by Crippen LogP contribution is 2.34. The van der Waals surface area contributed by atoms with Gasteiger partial charge in [0.15, 0.2) is 0 Å². The fourth-order valence-corrected chi connectivity index (χ4v) is 5.46. The highest BCUT2D eigenvalue weighted by molar-refractivity contribution is 6.31. The zero-order valence-corrected chi connectivity index (χ0v) is 21.4. The van der Waals surface area contributed by atoms with Crippen molar-refractivity contribution in [3.05, 3.63) is 52.4 Å². The van der Waals surface area contributed by atoms with E-state index in [9.17, 15) is 27.5 Å². The van der Waals surface area contributed by atoms with Crippen LogP contribution in [0.4, 0.5) is 29.1 Å². The van der Waals surface area contributed by atoms with E-state index in [-0.39, 0.29) is 35.1 Å². The Kier molecular flexibility index (Phi) is 8.60. The van der Waals surface area contributed by atoms with Crippen LogP contribution >= 0.6 is 11.6 Å². The highest BCUT2D eigenvalue weighted by atomic mass is 35.5. The second-order valence-corrected chi connectivity index (χ2v) is 10.1. The number of aromatic nitrogens is 1. The Bertz CT molecular complexity index is 1120. The number of aliphatic hydroxyl groups excluding tert-OH is 1. The van der Waals surface area contributed by atoms with E-state index >= 15 is 0 Å². The summed E-state index contributed by atoms with van der Waals surface area (Å²) in [7, 11) is 0. The number of amides is 1. The summed E-state index contributed by atoms with van der Waals surface area (Å²) in [6.45, 7) is 3.83. The van der Waals surface area contributed by atoms with Gasteiger partial charge in [-0.2, -0.15) is 13.2 Å². The molecule has 2 atom stereocenters. The standard InChI is InChI=1S/C26H31ClF4N4O2/c1-17-13-18(26(29,30)31)14-24(32-17)35-11-3-6-23(35)25(37)34(19-7-8-22(28)21(27)15-19)12-4-10-33-9-2-5-20(33)16-36/h7-8,13-15,20,23,36H,2-6,9-12,16H2,1H3/t20-,23-/m0/s1. The van der Waals surface area contributed by atoms with E-state index in [2.05, 4.69) is 9.88 Å². The van der Waals surface area contributed by atoms with Gasteiger partial charge in [0.2, 0.25) is 5.91 Å². The molecule has 2 saturated heterocycles. The minimum Gasteiger partial charge on any atom is -0.395 e. The van der Waals surface area contributed by atoms with E-state index in [1.165, 1.54) is 25.1 Å². The molecule has 202 valence electrons. The first-order valence-corrected chi connectivity index (χ1v) is 12.9. The molecule has 2 aliphatic heterocycles. The van der Waals surface area contributed by atoms with Crippen LogP contribution in [0, 0.1) is 12.7 Å². The van der Waals surface area contributed by atoms with Crippen molar-refractivity contribution in [1.82, 2.24) is 9.88 Å². The SMILES string of the molecule is Cc1cc(C(F)(F)F)cc(N2CCC[C@H]2C(=O)N(CCCN2CCC[C@H]2CO)c2ccc(F)c(Cl)c2)n1. The number of carbonyl (C=O) groups excluding carboxylic acids is 1. The van der Waals surface area contributed by atoms with E-state index < -0.39 is 23.6 Å². The van der Waals surface area contributed by atoms with Crippen LogP contribution in [-0.2, 0) is 11.0 Å². The Labute approximate surface area is 218 Å². The van der Waals surface area contributed by atoms with Crippen LogP contribution in [-0.4, -0.2) is 65.8 Å². The van der Waals surface area contributed by atoms with Crippen LogP contribution in [0.1, 0.15) is 43.4 Å². The number of carbonyl (C=O) groups is 1. The summed E-state index contributed by atoms with van der Waals surface area (Å²) in [5.74, 6) is -0.785. The number of pyridine rings is 1. The Morgan fingerprint density at radius 2 is 1.95 bits per heavy atom. The topological polar surface area (TPSA) is 59.9 Å². The lowest BCUT2D eigenvalue weighted by Gasteiger charge is -2.32. The van der Waals surface area contributed by atoms with Crippen LogP contribution in [0.2, 0.25) is 5.02 Å². The van der Waals surface area contributed by atoms with Gasteiger partial charge >= 0.3 is 6.18 Å². The summed E-state index contributed by atoms with van der Waals surface area (Å²) >= 11 is 6.02. The van der Waals surface area contributed by atoms with Crippen molar-refractivity contribution in [1.29, 1.82) is 0 Å². The van der Waals surface area contributed by atoms with Crippen LogP contribution in [0.3, 0.4) is 0 Å². The average Bonchev–Trinajstić information content (AvgIpc) is 3.52. The van der Waals surface area contributed by atoms with Crippen molar-refractivity contribution in [3.63, 3.8) is 0 Å². The molecule has 2 aliphatic rings. The van der Waals surface area contributed by atoms with Crippen LogP contribution in [0.15, 0.2) is 30.3 Å². The third-order valence-electron chi connectivity index (χ3n) is 7.12. The maximum atomic E-state index is 13.9. The summed E-state index contributed by atoms with van der Waals surface area (Å²) in [5.41, 5.74) is -0.162. The molecule has 2 fully saturated rings. The lowest BCUT2D eigenvalue weighted by atomic mass is 10.1. The first-order valence-electron chi connectivity index (χ1n) is 12.5. The second kappa shape index (κ2) is 11.5. The van der Waals surface area contributed by atoms with Gasteiger partial charge in [0.05, 0.1) is 17.2 Å². The van der Waals surface area contributed by atoms with Crippen LogP contribution in [0.5, 0.6) is 0 Å². The maximum Gasteiger partial charge on any atom is 0.416 e. The molecule has 1 N–H and O–H groups in total. The molecule has 0 aliphatic carbocycles. The number of likely N-dealkylation sites (tertiary alicyclic amines) is 1. The molecule has 2 aromatic rings. The predicted molar refractivity (Wildman–Crippen MR) is 134 cm³/mol. The van der Waals surface area contributed by atoms with Crippen LogP contribution in [0.25, 0.3) is 0 Å². The molecule has 3 heterocycles. The molecule has 0 bridgehead atoms. The van der Waals surface area contributed by atoms with Gasteiger partial charge in [0.25, 0.3) is 0 Å². The number of nitrogens with zero attached hydrogens (tertiary/aromatic N) is 4. The molecular weight excluding hydrogens is 512 g/mol. The molecule has 11 heteroatoms. The largest absolute Gasteiger partial charge is 0.416 e. The van der Waals surface area contributed by atoms with Gasteiger partial charge in [-0.1, -0.05) is 11.6 Å². The molecule has 0 radical (unpaired) electrons. The molecule has 4 rings (SSSR count). The Morgan fingerprint density at radius 1 is 1.19 bits per heavy atom. The Morgan fingerprint density at radius 3 is 2.65 bits per heavy atom. The predicted octanol–water partition coefficient (Wildman–Crippen LogP) is 5.05. The van der Waals surface area contributed by atoms with Gasteiger partial charge < -0.3 is 14.9 Å². The first kappa shape index (κ1) is 27.6. The van der Waals surface area contributed by atoms with Gasteiger partial charge in [-0.25, -0.2) is 9.37 Å². The van der Waals surface area contributed by atoms with Gasteiger partial charge in [-0.3, -0.25) is 9.69 Å². The summed E-state index contributed by atoms with van der Waals surface area (Å²) in [5, 5.41) is 9.48. The number of anilines is 2. The third-order valence-corrected chi connectivity index (χ3v) is 7.41. The zero-order chi connectivity index (χ0) is 26.7. The minimum atomic E-state index is -4.53. The van der Waals surface area contributed by atoms with E-state index in [1.54, 1.807) is 9.80 Å². The summed E-state index contributed by atoms with van der Waals surface area (Å²) < 4.78 is 54.2. The van der Waals surface area contributed by atoms with Crippen molar-refractivity contribution in [2.75, 3.05) is 42.6 Å². The monoisotopic (exact) mass is 542 g/mol. The number of alkyl halides is 3. The second-order valence-electron chi connectivity index (χ2n) is 9.66. The minimum absolute atomic E-state index is 0.0800. The average molecular weight is 543 g/mol. The molecule has 1 amide bonds. The molecule has 1 aromatic carbocycles. The normalized spacial score (nSPS) is 20.6. The van der Waals surface area contributed by atoms with Gasteiger partial charge in [0.1, 0.15) is 17.7 Å². The van der Waals surface area contributed by atoms with Crippen molar-refractivity contribution >= 4 is 29.0 Å². The number of halogens is 5. The molecular formula is C26H31ClF4N4O2. The van der Waals surface area contributed by atoms with E-state index in [0.29, 0.717) is 44.6 Å². The van der Waals surface area contributed by atoms with Crippen molar-refractivity contribution < 1.29 is 27.5 Å². The molecule has 0 unspecified atom stereocenters. The van der Waals surface area contributed by atoms with Crippen molar-refractivity contribution in [2.45, 2.75) is 57.3 Å². The van der Waals surface area contributed by atoms with Crippen molar-refractivity contribution in [3.8, 4) is 0 Å². The van der Waals surface area contributed by atoms with E-state index in [1.807, 2.05) is 0 Å². The van der Waals surface area contributed by atoms with E-state index in [0.717, 1.165) is 31.5 Å². The fourth-order valence-electron chi connectivity index (χ4n) is 5.29. The molecule has 6 nitrogen and oxygen atoms in total. The molecule has 0 spiro atoms. The van der Waals surface area contributed by atoms with Gasteiger partial charge in [0, 0.05) is 37.1 Å². The molecule has 1 aromatic heterocycles. The number of rotatable bonds is 8. The maximum absolute atomic E-state index is 13.9. The number of hydrogen-bond acceptors (Lipinski definition) is 5. The van der Waals surface area contributed by atoms with E-state index in [4.69, 9.17) is 11.6 Å². The summed E-state index contributed by atoms with van der Waals surface area (Å²) in [4.78, 5) is 23.6. The fraction of sp³-hybridized carbons (Fsp3) is 0.538. The molecule has 0 saturated carbocycles. The summed E-state index contributed by atoms with van der Waals surface area (Å²) in [6.07, 6.45) is -0.919. The van der Waals surface area contributed by atoms with Crippen molar-refractivity contribution in [2.24, 2.45) is 0 Å². The number of aliphatic hydroxyl groups is 1. The Balaban J connectivity index is 1.58. The lowest BCUT2D eigenvalue weighted by molar-refractivity contribution is -0.137. The van der Waals surface area contributed by atoms with Crippen LogP contribution < -0.4 is 9.80 Å². The first-order chi connectivity index (χ1) is 17.6. The quantitative estimate of drug-likeness (QED) is 0.473. The Hall–Kier alpha value is -2.43. The number of hydrogen-bond donors (Lipinski definition) is 1. The lowest BCUT2D eigenvalue weighted by Crippen LogP contribution is -2.47. The number of benzene rings is 1. The third kappa shape index (κ3) is 6.35. The smallest absolute Gasteiger partial charge is 0.395 e. The molecule has 37 heavy (non-hydrogen) atoms. The highest BCUT2D eigenvalue weighted by Gasteiger charge is 2.37. The summed E-state index contributed by atoms with van der Waals surface area (Å²) in [6, 6.07) is 5.44. The van der Waals surface area contributed by atoms with Gasteiger partial charge in [-0.15, -0.1) is 0 Å².